The molecule has 1 amide bonds. The summed E-state index contributed by atoms with van der Waals surface area (Å²) in [6.07, 6.45) is 2.64. The van der Waals surface area contributed by atoms with E-state index in [9.17, 15) is 9.59 Å². The van der Waals surface area contributed by atoms with Crippen molar-refractivity contribution in [1.82, 2.24) is 9.97 Å². The van der Waals surface area contributed by atoms with E-state index in [0.717, 1.165) is 11.1 Å². The first kappa shape index (κ1) is 20.0. The fourth-order valence-corrected chi connectivity index (χ4v) is 3.89. The number of amides is 1. The van der Waals surface area contributed by atoms with Crippen LogP contribution in [0.15, 0.2) is 54.7 Å². The van der Waals surface area contributed by atoms with E-state index in [1.54, 1.807) is 6.07 Å². The van der Waals surface area contributed by atoms with Crippen molar-refractivity contribution in [1.29, 1.82) is 0 Å². The van der Waals surface area contributed by atoms with E-state index in [0.29, 0.717) is 35.6 Å². The summed E-state index contributed by atoms with van der Waals surface area (Å²) >= 11 is 0. The fraction of sp³-hybridized carbons (Fsp3) is 0.280. The molecule has 1 heterocycles. The number of aryl methyl sites for hydroxylation is 1. The number of anilines is 1. The van der Waals surface area contributed by atoms with E-state index in [1.807, 2.05) is 25.1 Å². The van der Waals surface area contributed by atoms with Gasteiger partial charge in [-0.05, 0) is 47.9 Å². The lowest BCUT2D eigenvalue weighted by atomic mass is 9.81. The second-order valence-electron chi connectivity index (χ2n) is 8.17. The van der Waals surface area contributed by atoms with Crippen molar-refractivity contribution in [3.05, 3.63) is 88.2 Å². The van der Waals surface area contributed by atoms with Gasteiger partial charge in [-0.2, -0.15) is 0 Å². The van der Waals surface area contributed by atoms with Crippen LogP contribution in [-0.2, 0) is 6.42 Å². The standard InChI is InChI=1S/C25H25N3O2/c1-15(2)17-8-10-18(11-9-17)19-12-22-21(23(29)13-19)14-26-25(27-22)28-24(30)20-7-5-4-6-16(20)3/h4-11,14-15,19H,12-13H2,1-3H3,(H,26,27,28,30)/t19-/m0/s1. The Morgan fingerprint density at radius 1 is 1.07 bits per heavy atom. The van der Waals surface area contributed by atoms with E-state index in [4.69, 9.17) is 0 Å². The minimum absolute atomic E-state index is 0.0472. The number of carbonyl (C=O) groups excluding carboxylic acids is 2. The molecule has 152 valence electrons. The predicted octanol–water partition coefficient (Wildman–Crippen LogP) is 5.07. The third kappa shape index (κ3) is 4.01. The molecule has 1 aromatic heterocycles. The highest BCUT2D eigenvalue weighted by Crippen LogP contribution is 2.32. The van der Waals surface area contributed by atoms with Crippen LogP contribution in [0.1, 0.15) is 75.2 Å². The molecule has 4 rings (SSSR count). The van der Waals surface area contributed by atoms with E-state index >= 15 is 0 Å². The van der Waals surface area contributed by atoms with Crippen LogP contribution in [0, 0.1) is 6.92 Å². The molecule has 1 aliphatic rings. The normalized spacial score (nSPS) is 15.7. The Balaban J connectivity index is 1.56. The molecule has 0 spiro atoms. The predicted molar refractivity (Wildman–Crippen MR) is 117 cm³/mol. The zero-order valence-corrected chi connectivity index (χ0v) is 17.5. The van der Waals surface area contributed by atoms with Gasteiger partial charge in [-0.3, -0.25) is 14.9 Å². The van der Waals surface area contributed by atoms with Gasteiger partial charge >= 0.3 is 0 Å². The maximum absolute atomic E-state index is 12.7. The lowest BCUT2D eigenvalue weighted by Gasteiger charge is -2.23. The van der Waals surface area contributed by atoms with Gasteiger partial charge in [-0.15, -0.1) is 0 Å². The van der Waals surface area contributed by atoms with Crippen LogP contribution in [0.4, 0.5) is 5.95 Å². The summed E-state index contributed by atoms with van der Waals surface area (Å²) in [6.45, 7) is 6.22. The molecule has 1 N–H and O–H groups in total. The number of rotatable bonds is 4. The molecular weight excluding hydrogens is 374 g/mol. The molecule has 1 atom stereocenters. The van der Waals surface area contributed by atoms with Crippen molar-refractivity contribution in [3.63, 3.8) is 0 Å². The first-order valence-electron chi connectivity index (χ1n) is 10.3. The number of benzene rings is 2. The van der Waals surface area contributed by atoms with Gasteiger partial charge in [0.15, 0.2) is 5.78 Å². The highest BCUT2D eigenvalue weighted by Gasteiger charge is 2.28. The summed E-state index contributed by atoms with van der Waals surface area (Å²) in [5, 5.41) is 2.77. The number of hydrogen-bond acceptors (Lipinski definition) is 4. The van der Waals surface area contributed by atoms with Gasteiger partial charge in [0.1, 0.15) is 0 Å². The molecule has 5 heteroatoms. The molecule has 0 saturated heterocycles. The minimum Gasteiger partial charge on any atom is -0.294 e. The molecule has 0 aliphatic heterocycles. The molecule has 0 radical (unpaired) electrons. The zero-order valence-electron chi connectivity index (χ0n) is 17.5. The van der Waals surface area contributed by atoms with Crippen LogP contribution < -0.4 is 5.32 Å². The van der Waals surface area contributed by atoms with Crippen LogP contribution in [0.5, 0.6) is 0 Å². The summed E-state index contributed by atoms with van der Waals surface area (Å²) < 4.78 is 0. The number of aromatic nitrogens is 2. The summed E-state index contributed by atoms with van der Waals surface area (Å²) in [5.74, 6) is 0.577. The lowest BCUT2D eigenvalue weighted by Crippen LogP contribution is -2.22. The topological polar surface area (TPSA) is 72.0 Å². The Hall–Kier alpha value is -3.34. The number of nitrogens with zero attached hydrogens (tertiary/aromatic N) is 2. The monoisotopic (exact) mass is 399 g/mol. The van der Waals surface area contributed by atoms with Gasteiger partial charge in [0.25, 0.3) is 5.91 Å². The van der Waals surface area contributed by atoms with Gasteiger partial charge in [0, 0.05) is 18.2 Å². The van der Waals surface area contributed by atoms with Crippen molar-refractivity contribution in [2.45, 2.75) is 45.4 Å². The average molecular weight is 399 g/mol. The second-order valence-corrected chi connectivity index (χ2v) is 8.17. The van der Waals surface area contributed by atoms with E-state index in [-0.39, 0.29) is 23.6 Å². The van der Waals surface area contributed by atoms with Crippen LogP contribution in [0.3, 0.4) is 0 Å². The molecular formula is C25H25N3O2. The summed E-state index contributed by atoms with van der Waals surface area (Å²) in [5.41, 5.74) is 5.14. The largest absolute Gasteiger partial charge is 0.294 e. The summed E-state index contributed by atoms with van der Waals surface area (Å²) in [6, 6.07) is 15.9. The highest BCUT2D eigenvalue weighted by molar-refractivity contribution is 6.04. The fourth-order valence-electron chi connectivity index (χ4n) is 3.89. The second kappa shape index (κ2) is 8.19. The Morgan fingerprint density at radius 2 is 1.80 bits per heavy atom. The third-order valence-corrected chi connectivity index (χ3v) is 5.73. The van der Waals surface area contributed by atoms with Crippen LogP contribution in [0.2, 0.25) is 0 Å². The van der Waals surface area contributed by atoms with Crippen molar-refractivity contribution >= 4 is 17.6 Å². The van der Waals surface area contributed by atoms with Crippen molar-refractivity contribution in [2.75, 3.05) is 5.32 Å². The smallest absolute Gasteiger partial charge is 0.258 e. The average Bonchev–Trinajstić information content (AvgIpc) is 2.73. The quantitative estimate of drug-likeness (QED) is 0.664. The van der Waals surface area contributed by atoms with Crippen LogP contribution in [0.25, 0.3) is 0 Å². The molecule has 0 bridgehead atoms. The molecule has 3 aromatic rings. The molecule has 2 aromatic carbocycles. The number of nitrogens with one attached hydrogen (secondary N) is 1. The van der Waals surface area contributed by atoms with Gasteiger partial charge in [-0.25, -0.2) is 9.97 Å². The first-order chi connectivity index (χ1) is 14.4. The van der Waals surface area contributed by atoms with Crippen molar-refractivity contribution in [2.24, 2.45) is 0 Å². The molecule has 0 unspecified atom stereocenters. The number of hydrogen-bond donors (Lipinski definition) is 1. The molecule has 5 nitrogen and oxygen atoms in total. The van der Waals surface area contributed by atoms with Gasteiger partial charge < -0.3 is 0 Å². The maximum Gasteiger partial charge on any atom is 0.258 e. The van der Waals surface area contributed by atoms with Crippen molar-refractivity contribution in [3.8, 4) is 0 Å². The Bertz CT molecular complexity index is 1100. The summed E-state index contributed by atoms with van der Waals surface area (Å²) in [4.78, 5) is 34.0. The Kier molecular flexibility index (Phi) is 5.44. The lowest BCUT2D eigenvalue weighted by molar-refractivity contribution is 0.0962. The first-order valence-corrected chi connectivity index (χ1v) is 10.3. The molecule has 0 fully saturated rings. The number of carbonyl (C=O) groups is 2. The van der Waals surface area contributed by atoms with E-state index < -0.39 is 0 Å². The zero-order chi connectivity index (χ0) is 21.3. The number of fused-ring (bicyclic) bond motifs is 1. The van der Waals surface area contributed by atoms with Crippen molar-refractivity contribution < 1.29 is 9.59 Å². The number of Topliss-reactive ketones (excluding diaryl/α,β-unsaturated/α-hetero) is 1. The molecule has 0 saturated carbocycles. The van der Waals surface area contributed by atoms with Gasteiger partial charge in [0.2, 0.25) is 5.95 Å². The Morgan fingerprint density at radius 3 is 2.50 bits per heavy atom. The van der Waals surface area contributed by atoms with Crippen LogP contribution >= 0.6 is 0 Å². The van der Waals surface area contributed by atoms with Gasteiger partial charge in [0.05, 0.1) is 11.3 Å². The molecule has 1 aliphatic carbocycles. The highest BCUT2D eigenvalue weighted by atomic mass is 16.1. The van der Waals surface area contributed by atoms with Crippen LogP contribution in [-0.4, -0.2) is 21.7 Å². The Labute approximate surface area is 176 Å². The minimum atomic E-state index is -0.254. The van der Waals surface area contributed by atoms with Gasteiger partial charge in [-0.1, -0.05) is 56.3 Å². The third-order valence-electron chi connectivity index (χ3n) is 5.73. The van der Waals surface area contributed by atoms with E-state index in [1.165, 1.54) is 11.8 Å². The molecule has 30 heavy (non-hydrogen) atoms. The van der Waals surface area contributed by atoms with E-state index in [2.05, 4.69) is 53.4 Å². The SMILES string of the molecule is Cc1ccccc1C(=O)Nc1ncc2c(n1)C[C@H](c1ccc(C(C)C)cc1)CC2=O. The number of ketones is 1. The summed E-state index contributed by atoms with van der Waals surface area (Å²) in [7, 11) is 0. The maximum atomic E-state index is 12.7.